The Morgan fingerprint density at radius 1 is 0.905 bits per heavy atom. The highest BCUT2D eigenvalue weighted by Gasteiger charge is 2.35. The number of hydrogen-bond donors (Lipinski definition) is 0. The van der Waals surface area contributed by atoms with Crippen LogP contribution in [0, 0.1) is 0 Å². The smallest absolute Gasteiger partial charge is 0.224 e. The lowest BCUT2D eigenvalue weighted by molar-refractivity contribution is -0.144. The molecule has 0 bridgehead atoms. The molecule has 0 N–H and O–H groups in total. The molecule has 1 heterocycles. The molecule has 21 heavy (non-hydrogen) atoms. The molecule has 0 spiro atoms. The average Bonchev–Trinajstić information content (AvgIpc) is 2.45. The summed E-state index contributed by atoms with van der Waals surface area (Å²) < 4.78 is 38.4. The summed E-state index contributed by atoms with van der Waals surface area (Å²) in [6.45, 7) is 0. The second-order valence-electron chi connectivity index (χ2n) is 4.42. The van der Waals surface area contributed by atoms with E-state index in [2.05, 4.69) is 9.97 Å². The molecule has 0 saturated carbocycles. The van der Waals surface area contributed by atoms with E-state index in [9.17, 15) is 13.2 Å². The van der Waals surface area contributed by atoms with Crippen LogP contribution in [0.2, 0.25) is 5.15 Å². The largest absolute Gasteiger partial charge is 0.451 e. The van der Waals surface area contributed by atoms with Gasteiger partial charge in [-0.3, -0.25) is 0 Å². The normalized spacial score (nSPS) is 11.8. The molecule has 0 aliphatic rings. The monoisotopic (exact) mass is 308 g/mol. The zero-order valence-corrected chi connectivity index (χ0v) is 11.3. The molecule has 0 aliphatic heterocycles. The second kappa shape index (κ2) is 5.00. The lowest BCUT2D eigenvalue weighted by Crippen LogP contribution is -2.11. The first-order valence-corrected chi connectivity index (χ1v) is 6.43. The van der Waals surface area contributed by atoms with Crippen LogP contribution in [0.1, 0.15) is 5.82 Å². The molecule has 6 heteroatoms. The van der Waals surface area contributed by atoms with Gasteiger partial charge in [-0.05, 0) is 10.8 Å². The first kappa shape index (κ1) is 13.8. The number of nitrogens with zero attached hydrogens (tertiary/aromatic N) is 2. The molecule has 3 aromatic rings. The van der Waals surface area contributed by atoms with Gasteiger partial charge in [0, 0.05) is 11.6 Å². The van der Waals surface area contributed by atoms with E-state index < -0.39 is 12.0 Å². The minimum absolute atomic E-state index is 0.152. The van der Waals surface area contributed by atoms with Gasteiger partial charge >= 0.3 is 6.18 Å². The fourth-order valence-corrected chi connectivity index (χ4v) is 2.31. The number of hydrogen-bond acceptors (Lipinski definition) is 2. The van der Waals surface area contributed by atoms with Gasteiger partial charge in [0.1, 0.15) is 5.15 Å². The summed E-state index contributed by atoms with van der Waals surface area (Å²) in [5, 5.41) is 1.49. The van der Waals surface area contributed by atoms with Gasteiger partial charge in [0.05, 0.1) is 5.69 Å². The minimum atomic E-state index is -4.63. The first-order valence-electron chi connectivity index (χ1n) is 6.05. The summed E-state index contributed by atoms with van der Waals surface area (Å²) in [6.07, 6.45) is -4.63. The first-order chi connectivity index (χ1) is 9.95. The van der Waals surface area contributed by atoms with Crippen molar-refractivity contribution in [2.24, 2.45) is 0 Å². The maximum absolute atomic E-state index is 12.8. The predicted octanol–water partition coefficient (Wildman–Crippen LogP) is 4.97. The van der Waals surface area contributed by atoms with E-state index in [0.29, 0.717) is 5.56 Å². The van der Waals surface area contributed by atoms with E-state index >= 15 is 0 Å². The molecular weight excluding hydrogens is 301 g/mol. The Bertz CT molecular complexity index is 810. The lowest BCUT2D eigenvalue weighted by Gasteiger charge is -2.10. The maximum atomic E-state index is 12.8. The SMILES string of the molecule is FC(F)(F)c1nc(Cl)cc(-c2cccc3ccccc23)n1. The number of benzene rings is 2. The van der Waals surface area contributed by atoms with Crippen molar-refractivity contribution in [1.29, 1.82) is 0 Å². The van der Waals surface area contributed by atoms with Crippen molar-refractivity contribution in [3.05, 3.63) is 59.5 Å². The van der Waals surface area contributed by atoms with Crippen LogP contribution in [0.25, 0.3) is 22.0 Å². The third kappa shape index (κ3) is 2.69. The summed E-state index contributed by atoms with van der Waals surface area (Å²) in [7, 11) is 0. The number of fused-ring (bicyclic) bond motifs is 1. The Balaban J connectivity index is 2.26. The van der Waals surface area contributed by atoms with E-state index in [1.807, 2.05) is 30.3 Å². The van der Waals surface area contributed by atoms with E-state index in [-0.39, 0.29) is 10.8 Å². The Hall–Kier alpha value is -2.14. The van der Waals surface area contributed by atoms with E-state index in [0.717, 1.165) is 10.8 Å². The fraction of sp³-hybridized carbons (Fsp3) is 0.0667. The molecule has 0 aliphatic carbocycles. The van der Waals surface area contributed by atoms with Gasteiger partial charge in [-0.2, -0.15) is 13.2 Å². The van der Waals surface area contributed by atoms with Crippen molar-refractivity contribution in [3.8, 4) is 11.3 Å². The van der Waals surface area contributed by atoms with Crippen LogP contribution in [-0.4, -0.2) is 9.97 Å². The average molecular weight is 309 g/mol. The molecule has 0 unspecified atom stereocenters. The lowest BCUT2D eigenvalue weighted by atomic mass is 10.0. The van der Waals surface area contributed by atoms with E-state index in [4.69, 9.17) is 11.6 Å². The molecule has 0 amide bonds. The molecule has 2 aromatic carbocycles. The van der Waals surface area contributed by atoms with Crippen molar-refractivity contribution < 1.29 is 13.2 Å². The highest BCUT2D eigenvalue weighted by Crippen LogP contribution is 2.32. The molecule has 0 radical (unpaired) electrons. The zero-order valence-electron chi connectivity index (χ0n) is 10.5. The Kier molecular flexibility index (Phi) is 3.29. The maximum Gasteiger partial charge on any atom is 0.451 e. The van der Waals surface area contributed by atoms with Gasteiger partial charge in [-0.25, -0.2) is 9.97 Å². The van der Waals surface area contributed by atoms with Gasteiger partial charge < -0.3 is 0 Å². The van der Waals surface area contributed by atoms with Crippen LogP contribution in [0.15, 0.2) is 48.5 Å². The topological polar surface area (TPSA) is 25.8 Å². The van der Waals surface area contributed by atoms with Crippen molar-refractivity contribution in [3.63, 3.8) is 0 Å². The van der Waals surface area contributed by atoms with Crippen molar-refractivity contribution in [2.75, 3.05) is 0 Å². The zero-order chi connectivity index (χ0) is 15.0. The molecule has 106 valence electrons. The van der Waals surface area contributed by atoms with Crippen LogP contribution in [0.5, 0.6) is 0 Å². The minimum Gasteiger partial charge on any atom is -0.224 e. The molecule has 0 atom stereocenters. The number of alkyl halides is 3. The van der Waals surface area contributed by atoms with Crippen LogP contribution in [0.3, 0.4) is 0 Å². The van der Waals surface area contributed by atoms with Gasteiger partial charge in [-0.1, -0.05) is 54.1 Å². The molecule has 3 rings (SSSR count). The second-order valence-corrected chi connectivity index (χ2v) is 4.81. The molecule has 1 aromatic heterocycles. The highest BCUT2D eigenvalue weighted by molar-refractivity contribution is 6.29. The summed E-state index contributed by atoms with van der Waals surface area (Å²) in [5.41, 5.74) is 0.738. The van der Waals surface area contributed by atoms with Crippen LogP contribution >= 0.6 is 11.6 Å². The van der Waals surface area contributed by atoms with E-state index in [1.165, 1.54) is 6.07 Å². The quantitative estimate of drug-likeness (QED) is 0.593. The number of halogens is 4. The summed E-state index contributed by atoms with van der Waals surface area (Å²) in [5.74, 6) is -1.24. The van der Waals surface area contributed by atoms with Gasteiger partial charge in [0.2, 0.25) is 5.82 Å². The van der Waals surface area contributed by atoms with Crippen LogP contribution < -0.4 is 0 Å². The molecule has 0 saturated heterocycles. The molecule has 0 fully saturated rings. The van der Waals surface area contributed by atoms with Crippen molar-refractivity contribution in [1.82, 2.24) is 9.97 Å². The molecule has 2 nitrogen and oxygen atoms in total. The fourth-order valence-electron chi connectivity index (χ4n) is 2.13. The third-order valence-corrected chi connectivity index (χ3v) is 3.21. The number of aromatic nitrogens is 2. The van der Waals surface area contributed by atoms with Crippen LogP contribution in [-0.2, 0) is 6.18 Å². The highest BCUT2D eigenvalue weighted by atomic mass is 35.5. The Morgan fingerprint density at radius 3 is 2.38 bits per heavy atom. The van der Waals surface area contributed by atoms with Crippen molar-refractivity contribution in [2.45, 2.75) is 6.18 Å². The summed E-state index contributed by atoms with van der Waals surface area (Å²) in [6, 6.07) is 14.1. The number of rotatable bonds is 1. The van der Waals surface area contributed by atoms with Crippen LogP contribution in [0.4, 0.5) is 13.2 Å². The third-order valence-electron chi connectivity index (χ3n) is 3.01. The molecular formula is C15H8ClF3N2. The van der Waals surface area contributed by atoms with Crippen molar-refractivity contribution >= 4 is 22.4 Å². The Morgan fingerprint density at radius 2 is 1.62 bits per heavy atom. The van der Waals surface area contributed by atoms with E-state index in [1.54, 1.807) is 12.1 Å². The van der Waals surface area contributed by atoms with Gasteiger partial charge in [0.25, 0.3) is 0 Å². The summed E-state index contributed by atoms with van der Waals surface area (Å²) in [4.78, 5) is 6.84. The Labute approximate surface area is 123 Å². The predicted molar refractivity (Wildman–Crippen MR) is 75.0 cm³/mol. The standard InChI is InChI=1S/C15H8ClF3N2/c16-13-8-12(20-14(21-13)15(17,18)19)11-7-3-5-9-4-1-2-6-10(9)11/h1-8H. The van der Waals surface area contributed by atoms with Gasteiger partial charge in [-0.15, -0.1) is 0 Å². The summed E-state index contributed by atoms with van der Waals surface area (Å²) >= 11 is 5.71. The van der Waals surface area contributed by atoms with Gasteiger partial charge in [0.15, 0.2) is 0 Å².